The maximum absolute atomic E-state index is 11.6. The molecule has 0 spiro atoms. The van der Waals surface area contributed by atoms with Crippen LogP contribution in [0.5, 0.6) is 0 Å². The zero-order chi connectivity index (χ0) is 25.8. The number of aryl methyl sites for hydroxylation is 1. The maximum Gasteiger partial charge on any atom is 0.294 e. The molecule has 4 rings (SSSR count). The minimum atomic E-state index is -4.25. The molecule has 0 saturated heterocycles. The number of benzene rings is 2. The van der Waals surface area contributed by atoms with Crippen molar-refractivity contribution in [1.29, 1.82) is 0 Å². The lowest BCUT2D eigenvalue weighted by Gasteiger charge is -2.25. The van der Waals surface area contributed by atoms with Crippen LogP contribution in [0.25, 0.3) is 0 Å². The fourth-order valence-corrected chi connectivity index (χ4v) is 5.97. The lowest BCUT2D eigenvalue weighted by Crippen LogP contribution is -2.26. The molecule has 35 heavy (non-hydrogen) atoms. The molecule has 2 aliphatic rings. The summed E-state index contributed by atoms with van der Waals surface area (Å²) in [5, 5.41) is 0. The molecule has 2 heterocycles. The van der Waals surface area contributed by atoms with Crippen LogP contribution in [-0.2, 0) is 20.9 Å². The molecule has 184 valence electrons. The van der Waals surface area contributed by atoms with Crippen molar-refractivity contribution in [2.75, 3.05) is 18.5 Å². The standard InChI is InChI=1S/C29H34N2O3S/c1-8-31-25-16-14-20(2)18-22(25)29(5,6)27(31)13-11-9-10-12-26-28(3,4)23-19-21(35(32,33)34)15-17-24(23)30(26)7/h9-19H,8H2,1-7H3/p+1. The van der Waals surface area contributed by atoms with Gasteiger partial charge in [0.25, 0.3) is 10.1 Å². The summed E-state index contributed by atoms with van der Waals surface area (Å²) in [5.74, 6) is 0. The summed E-state index contributed by atoms with van der Waals surface area (Å²) >= 11 is 0. The van der Waals surface area contributed by atoms with Gasteiger partial charge in [0, 0.05) is 41.1 Å². The molecule has 0 radical (unpaired) electrons. The average molecular weight is 492 g/mol. The molecule has 2 aromatic rings. The second-order valence-corrected chi connectivity index (χ2v) is 11.8. The van der Waals surface area contributed by atoms with Crippen molar-refractivity contribution in [3.05, 3.63) is 89.2 Å². The summed E-state index contributed by atoms with van der Waals surface area (Å²) in [6, 6.07) is 11.5. The highest BCUT2D eigenvalue weighted by Gasteiger charge is 2.43. The molecule has 0 atom stereocenters. The third kappa shape index (κ3) is 4.19. The van der Waals surface area contributed by atoms with Gasteiger partial charge in [-0.2, -0.15) is 13.0 Å². The molecule has 0 amide bonds. The van der Waals surface area contributed by atoms with Crippen LogP contribution >= 0.6 is 0 Å². The van der Waals surface area contributed by atoms with Crippen molar-refractivity contribution >= 4 is 27.2 Å². The molecule has 0 fully saturated rings. The Morgan fingerprint density at radius 2 is 1.69 bits per heavy atom. The topological polar surface area (TPSA) is 60.6 Å². The quantitative estimate of drug-likeness (QED) is 0.314. The van der Waals surface area contributed by atoms with E-state index in [9.17, 15) is 13.0 Å². The Labute approximate surface area is 209 Å². The lowest BCUT2D eigenvalue weighted by molar-refractivity contribution is -0.401. The zero-order valence-electron chi connectivity index (χ0n) is 21.6. The van der Waals surface area contributed by atoms with Gasteiger partial charge in [-0.15, -0.1) is 0 Å². The Morgan fingerprint density at radius 1 is 0.971 bits per heavy atom. The lowest BCUT2D eigenvalue weighted by atomic mass is 9.81. The van der Waals surface area contributed by atoms with Gasteiger partial charge >= 0.3 is 0 Å². The second kappa shape index (κ2) is 8.61. The van der Waals surface area contributed by atoms with Crippen LogP contribution in [0.2, 0.25) is 0 Å². The van der Waals surface area contributed by atoms with Crippen molar-refractivity contribution in [2.24, 2.45) is 0 Å². The first-order chi connectivity index (χ1) is 16.3. The van der Waals surface area contributed by atoms with Gasteiger partial charge in [0.2, 0.25) is 5.69 Å². The number of likely N-dealkylation sites (N-methyl/N-ethyl adjacent to an activating group) is 1. The van der Waals surface area contributed by atoms with Crippen molar-refractivity contribution in [3.63, 3.8) is 0 Å². The van der Waals surface area contributed by atoms with Crippen LogP contribution < -0.4 is 4.90 Å². The molecule has 5 nitrogen and oxygen atoms in total. The molecule has 0 aromatic heterocycles. The third-order valence-corrected chi connectivity index (χ3v) is 8.25. The number of anilines is 1. The molecule has 0 unspecified atom stereocenters. The Kier molecular flexibility index (Phi) is 6.18. The number of hydrogen-bond acceptors (Lipinski definition) is 3. The van der Waals surface area contributed by atoms with Crippen molar-refractivity contribution in [1.82, 2.24) is 0 Å². The van der Waals surface area contributed by atoms with Gasteiger partial charge in [0.15, 0.2) is 5.71 Å². The van der Waals surface area contributed by atoms with E-state index in [0.717, 1.165) is 23.5 Å². The maximum atomic E-state index is 11.6. The summed E-state index contributed by atoms with van der Waals surface area (Å²) in [7, 11) is -2.27. The summed E-state index contributed by atoms with van der Waals surface area (Å²) in [5.41, 5.74) is 7.59. The zero-order valence-corrected chi connectivity index (χ0v) is 22.4. The number of allylic oxidation sites excluding steroid dienone is 6. The van der Waals surface area contributed by atoms with Crippen LogP contribution in [-0.4, -0.2) is 36.9 Å². The van der Waals surface area contributed by atoms with E-state index in [4.69, 9.17) is 0 Å². The fourth-order valence-electron chi connectivity index (χ4n) is 5.46. The SMILES string of the molecule is CCN1/C(=C/C=C/C=C/C2=[N+](C)c3ccc(S(=O)(=O)O)cc3C2(C)C)C(C)(C)c2cc(C)ccc21. The summed E-state index contributed by atoms with van der Waals surface area (Å²) in [6.07, 6.45) is 10.4. The third-order valence-electron chi connectivity index (χ3n) is 7.40. The van der Waals surface area contributed by atoms with E-state index in [1.165, 1.54) is 28.6 Å². The number of fused-ring (bicyclic) bond motifs is 2. The van der Waals surface area contributed by atoms with Crippen LogP contribution in [0.4, 0.5) is 11.4 Å². The van der Waals surface area contributed by atoms with E-state index in [1.807, 2.05) is 19.2 Å². The molecule has 2 aliphatic heterocycles. The average Bonchev–Trinajstić information content (AvgIpc) is 3.11. The van der Waals surface area contributed by atoms with Crippen LogP contribution in [0.1, 0.15) is 51.3 Å². The van der Waals surface area contributed by atoms with Gasteiger partial charge in [0.1, 0.15) is 7.05 Å². The minimum Gasteiger partial charge on any atom is -0.344 e. The normalized spacial score (nSPS) is 19.9. The van der Waals surface area contributed by atoms with E-state index < -0.39 is 15.5 Å². The molecule has 0 saturated carbocycles. The first kappa shape index (κ1) is 25.1. The van der Waals surface area contributed by atoms with Crippen LogP contribution in [0.3, 0.4) is 0 Å². The van der Waals surface area contributed by atoms with E-state index in [0.29, 0.717) is 0 Å². The molecule has 0 bridgehead atoms. The highest BCUT2D eigenvalue weighted by molar-refractivity contribution is 7.85. The summed E-state index contributed by atoms with van der Waals surface area (Å²) in [4.78, 5) is 2.31. The second-order valence-electron chi connectivity index (χ2n) is 10.4. The van der Waals surface area contributed by atoms with Crippen molar-refractivity contribution in [3.8, 4) is 0 Å². The fraction of sp³-hybridized carbons (Fsp3) is 0.345. The van der Waals surface area contributed by atoms with Gasteiger partial charge in [-0.05, 0) is 57.5 Å². The van der Waals surface area contributed by atoms with Gasteiger partial charge in [-0.25, -0.2) is 0 Å². The highest BCUT2D eigenvalue weighted by Crippen LogP contribution is 2.47. The first-order valence-corrected chi connectivity index (χ1v) is 13.4. The van der Waals surface area contributed by atoms with Gasteiger partial charge in [0.05, 0.1) is 10.3 Å². The Hall–Kier alpha value is -2.96. The van der Waals surface area contributed by atoms with Crippen LogP contribution in [0.15, 0.2) is 77.4 Å². The largest absolute Gasteiger partial charge is 0.344 e. The van der Waals surface area contributed by atoms with E-state index in [1.54, 1.807) is 12.1 Å². The number of rotatable bonds is 5. The van der Waals surface area contributed by atoms with Crippen LogP contribution in [0, 0.1) is 6.92 Å². The Morgan fingerprint density at radius 3 is 2.34 bits per heavy atom. The van der Waals surface area contributed by atoms with Gasteiger partial charge in [-0.1, -0.05) is 49.8 Å². The van der Waals surface area contributed by atoms with Crippen molar-refractivity contribution in [2.45, 2.75) is 57.3 Å². The number of nitrogens with zero attached hydrogens (tertiary/aromatic N) is 2. The van der Waals surface area contributed by atoms with E-state index in [2.05, 4.69) is 87.4 Å². The van der Waals surface area contributed by atoms with E-state index in [-0.39, 0.29) is 10.3 Å². The molecule has 6 heteroatoms. The molecule has 2 aromatic carbocycles. The minimum absolute atomic E-state index is 0.0692. The molecule has 0 aliphatic carbocycles. The predicted octanol–water partition coefficient (Wildman–Crippen LogP) is 6.06. The summed E-state index contributed by atoms with van der Waals surface area (Å²) in [6.45, 7) is 13.9. The first-order valence-electron chi connectivity index (χ1n) is 12.0. The smallest absolute Gasteiger partial charge is 0.294 e. The van der Waals surface area contributed by atoms with E-state index >= 15 is 0 Å². The monoisotopic (exact) mass is 491 g/mol. The number of hydrogen-bond donors (Lipinski definition) is 1. The highest BCUT2D eigenvalue weighted by atomic mass is 32.2. The van der Waals surface area contributed by atoms with Gasteiger partial charge in [-0.3, -0.25) is 4.55 Å². The van der Waals surface area contributed by atoms with Gasteiger partial charge < -0.3 is 4.90 Å². The molecule has 1 N–H and O–H groups in total. The predicted molar refractivity (Wildman–Crippen MR) is 144 cm³/mol. The Bertz CT molecular complexity index is 1420. The molecular weight excluding hydrogens is 456 g/mol. The molecular formula is C29H35N2O3S+. The summed E-state index contributed by atoms with van der Waals surface area (Å²) < 4.78 is 34.8. The van der Waals surface area contributed by atoms with Crippen molar-refractivity contribution < 1.29 is 17.5 Å². The Balaban J connectivity index is 1.60.